The number of hydrogen-bond donors (Lipinski definition) is 0. The topological polar surface area (TPSA) is 142 Å². The van der Waals surface area contributed by atoms with Gasteiger partial charge in [-0.3, -0.25) is 0 Å². The zero-order chi connectivity index (χ0) is 42.6. The van der Waals surface area contributed by atoms with Gasteiger partial charge in [-0.1, -0.05) is 0 Å². The van der Waals surface area contributed by atoms with Gasteiger partial charge in [0.05, 0.1) is 0 Å². The second-order valence-electron chi connectivity index (χ2n) is 14.9. The number of hydrogen-bond acceptors (Lipinski definition) is 12. The molecule has 0 aliphatic carbocycles. The molecule has 12 nitrogen and oxygen atoms in total. The van der Waals surface area contributed by atoms with E-state index >= 15 is 0 Å². The van der Waals surface area contributed by atoms with E-state index in [1.807, 2.05) is 0 Å². The van der Waals surface area contributed by atoms with E-state index in [2.05, 4.69) is 55.4 Å². The summed E-state index contributed by atoms with van der Waals surface area (Å²) in [5.41, 5.74) is 0. The van der Waals surface area contributed by atoms with Gasteiger partial charge < -0.3 is 0 Å². The molecule has 0 saturated heterocycles. The molecule has 0 aromatic carbocycles. The summed E-state index contributed by atoms with van der Waals surface area (Å²) in [5.74, 6) is -2.09. The third kappa shape index (κ3) is 29.2. The molecule has 328 valence electrons. The fourth-order valence-corrected chi connectivity index (χ4v) is 31.1. The Labute approximate surface area is 392 Å². The van der Waals surface area contributed by atoms with Crippen molar-refractivity contribution < 1.29 is 42.5 Å². The van der Waals surface area contributed by atoms with Gasteiger partial charge in [-0.25, -0.2) is 0 Å². The van der Waals surface area contributed by atoms with Gasteiger partial charge in [-0.2, -0.15) is 0 Å². The number of rotatable bonds is 40. The van der Waals surface area contributed by atoms with E-state index in [0.29, 0.717) is 0 Å². The quantitative estimate of drug-likeness (QED) is 0.0540. The fraction of sp³-hybridized carbons (Fsp3) is 0.900. The molecule has 0 aromatic rings. The molecule has 0 fully saturated rings. The molecular formula is C40H76O12SiSn4. The summed E-state index contributed by atoms with van der Waals surface area (Å²) >= 11 is -9.76. The van der Waals surface area contributed by atoms with Crippen LogP contribution in [0.2, 0.25) is 0 Å². The summed E-state index contributed by atoms with van der Waals surface area (Å²) in [4.78, 5) is 53.4. The van der Waals surface area contributed by atoms with Crippen LogP contribution in [-0.4, -0.2) is 121 Å². The molecule has 0 bridgehead atoms. The van der Waals surface area contributed by atoms with Crippen molar-refractivity contribution in [2.24, 2.45) is 23.7 Å². The number of carbonyl (C=O) groups is 4. The van der Waals surface area contributed by atoms with Gasteiger partial charge in [0.15, 0.2) is 0 Å². The van der Waals surface area contributed by atoms with Crippen LogP contribution in [0.5, 0.6) is 0 Å². The van der Waals surface area contributed by atoms with Crippen molar-refractivity contribution in [3.8, 4) is 0 Å². The van der Waals surface area contributed by atoms with Crippen LogP contribution < -0.4 is 0 Å². The minimum absolute atomic E-state index is 0.227. The molecule has 8 radical (unpaired) electrons. The average molecular weight is 1250 g/mol. The summed E-state index contributed by atoms with van der Waals surface area (Å²) in [7, 11) is -4.21. The average Bonchev–Trinajstić information content (AvgIpc) is 3.20. The molecule has 0 atom stereocenters. The summed E-state index contributed by atoms with van der Waals surface area (Å²) in [6.07, 6.45) is 21.1. The Kier molecular flexibility index (Phi) is 40.7. The molecule has 0 aliphatic rings. The van der Waals surface area contributed by atoms with Crippen LogP contribution in [0.1, 0.15) is 209 Å². The summed E-state index contributed by atoms with van der Waals surface area (Å²) in [6.45, 7) is 16.8. The van der Waals surface area contributed by atoms with Crippen molar-refractivity contribution in [1.29, 1.82) is 0 Å². The first-order valence-corrected chi connectivity index (χ1v) is 33.1. The van der Waals surface area contributed by atoms with E-state index in [1.165, 1.54) is 0 Å². The predicted octanol–water partition coefficient (Wildman–Crippen LogP) is 9.78. The summed E-state index contributed by atoms with van der Waals surface area (Å²) in [5, 5.41) is 0. The van der Waals surface area contributed by atoms with Crippen molar-refractivity contribution >= 4 is 121 Å². The van der Waals surface area contributed by atoms with Crippen molar-refractivity contribution in [2.75, 3.05) is 0 Å². The van der Waals surface area contributed by atoms with Crippen LogP contribution in [0.4, 0.5) is 0 Å². The molecule has 0 N–H and O–H groups in total. The summed E-state index contributed by atoms with van der Waals surface area (Å²) in [6, 6.07) is 0. The monoisotopic (exact) mass is 1260 g/mol. The molecule has 17 heteroatoms. The maximum atomic E-state index is 13.4. The van der Waals surface area contributed by atoms with Gasteiger partial charge in [0.2, 0.25) is 0 Å². The van der Waals surface area contributed by atoms with Crippen LogP contribution >= 0.6 is 0 Å². The SMILES string of the molecule is CCCCC(CCCC)C(=O)[O][Sn][O][Si]([O][Sn][O]C(=O)C(CCCC)CCCC)([O][Sn][O]C(=O)C(CCCC)CCCC)[O][Sn][O]C(=O)C(CCCC)CCCC. The molecule has 0 unspecified atom stereocenters. The fourth-order valence-electron chi connectivity index (χ4n) is 6.03. The number of carbonyl (C=O) groups excluding carboxylic acids is 4. The van der Waals surface area contributed by atoms with Crippen LogP contribution in [0.3, 0.4) is 0 Å². The van der Waals surface area contributed by atoms with E-state index in [0.717, 1.165) is 154 Å². The molecular weight excluding hydrogens is 1180 g/mol. The molecule has 0 aromatic heterocycles. The van der Waals surface area contributed by atoms with Crippen LogP contribution in [-0.2, 0) is 42.5 Å². The van der Waals surface area contributed by atoms with Crippen LogP contribution in [0.15, 0.2) is 0 Å². The Morgan fingerprint density at radius 3 is 0.632 bits per heavy atom. The number of unbranched alkanes of at least 4 members (excludes halogenated alkanes) is 8. The minimum atomic E-state index is -4.21. The molecule has 0 rings (SSSR count). The Morgan fingerprint density at radius 2 is 0.491 bits per heavy atom. The standard InChI is InChI=1S/4C10H20O2.O4Si.4Sn/c4*1-3-5-7-9(10(11)12)8-6-4-2;1-5(2,3)4;;;;/h4*9H,3-8H2,1-2H3,(H,11,12);;;;;/q;;;;-4;4*+2/p-4. The van der Waals surface area contributed by atoms with Crippen molar-refractivity contribution in [1.82, 2.24) is 0 Å². The summed E-state index contributed by atoms with van der Waals surface area (Å²) < 4.78 is 48.7. The molecule has 0 saturated carbocycles. The van der Waals surface area contributed by atoms with Gasteiger partial charge in [0.1, 0.15) is 0 Å². The molecule has 0 aliphatic heterocycles. The maximum absolute atomic E-state index is 13.4. The first kappa shape index (κ1) is 58.1. The van der Waals surface area contributed by atoms with Crippen molar-refractivity contribution in [3.05, 3.63) is 0 Å². The third-order valence-corrected chi connectivity index (χ3v) is 25.8. The van der Waals surface area contributed by atoms with Crippen molar-refractivity contribution in [3.63, 3.8) is 0 Å². The molecule has 0 heterocycles. The molecule has 0 amide bonds. The zero-order valence-electron chi connectivity index (χ0n) is 36.7. The Bertz CT molecular complexity index is 842. The Balaban J connectivity index is 6.44. The van der Waals surface area contributed by atoms with E-state index in [9.17, 15) is 19.2 Å². The first-order chi connectivity index (χ1) is 27.6. The zero-order valence-corrected chi connectivity index (χ0v) is 49.1. The normalized spacial score (nSPS) is 11.9. The molecule has 57 heavy (non-hydrogen) atoms. The first-order valence-electron chi connectivity index (χ1n) is 22.2. The second-order valence-corrected chi connectivity index (χ2v) is 27.9. The van der Waals surface area contributed by atoms with E-state index in [4.69, 9.17) is 23.3 Å². The van der Waals surface area contributed by atoms with Gasteiger partial charge >= 0.3 is 396 Å². The molecule has 0 spiro atoms. The van der Waals surface area contributed by atoms with Gasteiger partial charge in [-0.15, -0.1) is 0 Å². The Morgan fingerprint density at radius 1 is 0.333 bits per heavy atom. The van der Waals surface area contributed by atoms with Gasteiger partial charge in [0.25, 0.3) is 0 Å². The Hall–Kier alpha value is 1.13. The van der Waals surface area contributed by atoms with E-state index < -0.39 is 96.9 Å². The predicted molar refractivity (Wildman–Crippen MR) is 228 cm³/mol. The van der Waals surface area contributed by atoms with Crippen molar-refractivity contribution in [2.45, 2.75) is 209 Å². The van der Waals surface area contributed by atoms with E-state index in [1.54, 1.807) is 0 Å². The third-order valence-electron chi connectivity index (χ3n) is 9.82. The van der Waals surface area contributed by atoms with Gasteiger partial charge in [-0.05, 0) is 0 Å². The second kappa shape index (κ2) is 39.9. The van der Waals surface area contributed by atoms with Crippen LogP contribution in [0.25, 0.3) is 0 Å². The van der Waals surface area contributed by atoms with Gasteiger partial charge in [0, 0.05) is 0 Å². The van der Waals surface area contributed by atoms with E-state index in [-0.39, 0.29) is 47.5 Å². The van der Waals surface area contributed by atoms with Crippen LogP contribution in [0, 0.1) is 23.7 Å².